The van der Waals surface area contributed by atoms with Crippen molar-refractivity contribution < 1.29 is 0 Å². The zero-order valence-electron chi connectivity index (χ0n) is 33.0. The van der Waals surface area contributed by atoms with Crippen molar-refractivity contribution in [3.05, 3.63) is 187 Å². The topological polar surface area (TPSA) is 3.24 Å². The first kappa shape index (κ1) is 34.1. The average Bonchev–Trinajstić information content (AvgIpc) is 3.72. The van der Waals surface area contributed by atoms with Gasteiger partial charge in [-0.15, -0.1) is 11.3 Å². The minimum Gasteiger partial charge on any atom is -0.309 e. The van der Waals surface area contributed by atoms with Crippen molar-refractivity contribution in [1.82, 2.24) is 0 Å². The Bertz CT molecular complexity index is 3260. The number of thiophene rings is 1. The minimum atomic E-state index is -0.138. The molecule has 57 heavy (non-hydrogen) atoms. The van der Waals surface area contributed by atoms with Crippen molar-refractivity contribution >= 4 is 80.9 Å². The Morgan fingerprint density at radius 2 is 1.11 bits per heavy atom. The molecule has 0 N–H and O–H groups in total. The normalized spacial score (nSPS) is 13.5. The second kappa shape index (κ2) is 12.4. The lowest BCUT2D eigenvalue weighted by Crippen LogP contribution is -2.17. The van der Waals surface area contributed by atoms with Gasteiger partial charge in [0.2, 0.25) is 0 Å². The molecule has 10 aromatic rings. The third-order valence-electron chi connectivity index (χ3n) is 12.6. The molecule has 0 amide bonds. The molecule has 1 heterocycles. The van der Waals surface area contributed by atoms with Crippen LogP contribution in [-0.4, -0.2) is 0 Å². The van der Waals surface area contributed by atoms with E-state index in [0.717, 1.165) is 5.69 Å². The van der Waals surface area contributed by atoms with Gasteiger partial charge in [0.05, 0.1) is 11.4 Å². The van der Waals surface area contributed by atoms with Crippen LogP contribution in [0.5, 0.6) is 0 Å². The molecule has 0 aliphatic heterocycles. The first-order valence-corrected chi connectivity index (χ1v) is 20.9. The van der Waals surface area contributed by atoms with E-state index in [1.165, 1.54) is 103 Å². The lowest BCUT2D eigenvalue weighted by Gasteiger charge is -2.32. The molecule has 11 rings (SSSR count). The van der Waals surface area contributed by atoms with Crippen molar-refractivity contribution in [2.24, 2.45) is 0 Å². The first-order chi connectivity index (χ1) is 27.7. The van der Waals surface area contributed by atoms with Crippen molar-refractivity contribution in [3.63, 3.8) is 0 Å². The van der Waals surface area contributed by atoms with E-state index in [1.807, 2.05) is 11.3 Å². The minimum absolute atomic E-state index is 0.0144. The van der Waals surface area contributed by atoms with Gasteiger partial charge in [0.1, 0.15) is 0 Å². The molecule has 1 aromatic heterocycles. The SMILES string of the molecule is CC(C)(C)c1ccc(N(c2ccc3c(c2)-c2ccc4ccccc4c2C3(C)C)c2ccc3ccccc3c2-c2cccc3c2sc2ccccc23)c2ccccc12. The summed E-state index contributed by atoms with van der Waals surface area (Å²) in [7, 11) is 0. The number of nitrogens with zero attached hydrogens (tertiary/aromatic N) is 1. The fourth-order valence-corrected chi connectivity index (χ4v) is 11.2. The fourth-order valence-electron chi connectivity index (χ4n) is 9.96. The average molecular weight is 750 g/mol. The van der Waals surface area contributed by atoms with Gasteiger partial charge in [-0.2, -0.15) is 0 Å². The van der Waals surface area contributed by atoms with Gasteiger partial charge >= 0.3 is 0 Å². The zero-order valence-corrected chi connectivity index (χ0v) is 33.8. The van der Waals surface area contributed by atoms with E-state index >= 15 is 0 Å². The van der Waals surface area contributed by atoms with Crippen LogP contribution in [0.1, 0.15) is 51.3 Å². The monoisotopic (exact) mass is 749 g/mol. The van der Waals surface area contributed by atoms with E-state index in [1.54, 1.807) is 0 Å². The van der Waals surface area contributed by atoms with E-state index in [2.05, 4.69) is 209 Å². The number of hydrogen-bond donors (Lipinski definition) is 0. The first-order valence-electron chi connectivity index (χ1n) is 20.1. The summed E-state index contributed by atoms with van der Waals surface area (Å²) < 4.78 is 2.63. The molecule has 0 saturated heterocycles. The van der Waals surface area contributed by atoms with Crippen LogP contribution >= 0.6 is 11.3 Å². The summed E-state index contributed by atoms with van der Waals surface area (Å²) in [5, 5.41) is 10.3. The Kier molecular flexibility index (Phi) is 7.40. The van der Waals surface area contributed by atoms with Gasteiger partial charge in [0.25, 0.3) is 0 Å². The highest BCUT2D eigenvalue weighted by molar-refractivity contribution is 7.26. The summed E-state index contributed by atoms with van der Waals surface area (Å²) in [4.78, 5) is 2.56. The number of benzene rings is 9. The Morgan fingerprint density at radius 3 is 1.89 bits per heavy atom. The van der Waals surface area contributed by atoms with Gasteiger partial charge in [-0.1, -0.05) is 174 Å². The molecule has 2 heteroatoms. The van der Waals surface area contributed by atoms with Crippen LogP contribution in [0.4, 0.5) is 17.1 Å². The smallest absolute Gasteiger partial charge is 0.0547 e. The van der Waals surface area contributed by atoms with Crippen LogP contribution < -0.4 is 4.90 Å². The molecule has 274 valence electrons. The van der Waals surface area contributed by atoms with Gasteiger partial charge in [-0.25, -0.2) is 0 Å². The van der Waals surface area contributed by atoms with Crippen molar-refractivity contribution in [3.8, 4) is 22.3 Å². The number of fused-ring (bicyclic) bond motifs is 10. The predicted molar refractivity (Wildman–Crippen MR) is 248 cm³/mol. The zero-order chi connectivity index (χ0) is 38.6. The lowest BCUT2D eigenvalue weighted by atomic mass is 9.80. The molecule has 0 unspecified atom stereocenters. The maximum atomic E-state index is 2.56. The van der Waals surface area contributed by atoms with Crippen LogP contribution in [-0.2, 0) is 10.8 Å². The molecule has 1 aliphatic carbocycles. The van der Waals surface area contributed by atoms with Gasteiger partial charge < -0.3 is 4.90 Å². The Hall–Kier alpha value is -6.22. The highest BCUT2D eigenvalue weighted by Gasteiger charge is 2.37. The van der Waals surface area contributed by atoms with E-state index in [4.69, 9.17) is 0 Å². The van der Waals surface area contributed by atoms with Crippen molar-refractivity contribution in [2.45, 2.75) is 45.4 Å². The molecule has 0 saturated carbocycles. The summed E-state index contributed by atoms with van der Waals surface area (Å²) in [5.41, 5.74) is 12.7. The van der Waals surface area contributed by atoms with Gasteiger partial charge in [0, 0.05) is 47.8 Å². The maximum absolute atomic E-state index is 2.56. The van der Waals surface area contributed by atoms with Crippen LogP contribution in [0.3, 0.4) is 0 Å². The third kappa shape index (κ3) is 5.07. The Morgan fingerprint density at radius 1 is 0.474 bits per heavy atom. The summed E-state index contributed by atoms with van der Waals surface area (Å²) in [6.45, 7) is 11.8. The summed E-state index contributed by atoms with van der Waals surface area (Å²) in [6.07, 6.45) is 0. The van der Waals surface area contributed by atoms with E-state index in [-0.39, 0.29) is 10.8 Å². The van der Waals surface area contributed by atoms with Crippen LogP contribution in [0.2, 0.25) is 0 Å². The standard InChI is InChI=1S/C55H43NS/c1-54(2,3)46-30-32-48(40-20-11-10-19-39(40)46)56(36-27-29-47-45(33-36)42-28-25-35-16-7-9-18-38(35)52(42)55(47,4)5)49-31-26-34-15-6-8-17-37(34)51(49)44-23-14-22-43-41-21-12-13-24-50(41)57-53(43)44/h6-33H,1-5H3. The van der Waals surface area contributed by atoms with Crippen LogP contribution in [0.15, 0.2) is 170 Å². The molecule has 0 spiro atoms. The molecule has 1 aliphatic rings. The van der Waals surface area contributed by atoms with Gasteiger partial charge in [0.15, 0.2) is 0 Å². The number of hydrogen-bond acceptors (Lipinski definition) is 2. The summed E-state index contributed by atoms with van der Waals surface area (Å²) in [6, 6.07) is 63.9. The second-order valence-electron chi connectivity index (χ2n) is 17.3. The molecule has 1 nitrogen and oxygen atoms in total. The molecule has 0 atom stereocenters. The molecular formula is C55H43NS. The largest absolute Gasteiger partial charge is 0.309 e. The van der Waals surface area contributed by atoms with Crippen molar-refractivity contribution in [2.75, 3.05) is 4.90 Å². The van der Waals surface area contributed by atoms with Crippen LogP contribution in [0, 0.1) is 0 Å². The highest BCUT2D eigenvalue weighted by atomic mass is 32.1. The Balaban J connectivity index is 1.25. The summed E-state index contributed by atoms with van der Waals surface area (Å²) >= 11 is 1.90. The molecule has 0 bridgehead atoms. The quantitative estimate of drug-likeness (QED) is 0.173. The van der Waals surface area contributed by atoms with Crippen molar-refractivity contribution in [1.29, 1.82) is 0 Å². The molecule has 0 radical (unpaired) electrons. The van der Waals surface area contributed by atoms with Gasteiger partial charge in [-0.05, 0) is 90.5 Å². The number of anilines is 3. The molecule has 0 fully saturated rings. The number of rotatable bonds is 4. The second-order valence-corrected chi connectivity index (χ2v) is 18.3. The fraction of sp³-hybridized carbons (Fsp3) is 0.127. The van der Waals surface area contributed by atoms with E-state index in [0.29, 0.717) is 0 Å². The molecule has 9 aromatic carbocycles. The summed E-state index contributed by atoms with van der Waals surface area (Å²) in [5.74, 6) is 0. The third-order valence-corrected chi connectivity index (χ3v) is 13.8. The predicted octanol–water partition coefficient (Wildman–Crippen LogP) is 16.3. The maximum Gasteiger partial charge on any atom is 0.0547 e. The lowest BCUT2D eigenvalue weighted by molar-refractivity contribution is 0.596. The van der Waals surface area contributed by atoms with E-state index < -0.39 is 0 Å². The Labute approximate surface area is 338 Å². The highest BCUT2D eigenvalue weighted by Crippen LogP contribution is 2.55. The van der Waals surface area contributed by atoms with Crippen LogP contribution in [0.25, 0.3) is 74.7 Å². The van der Waals surface area contributed by atoms with E-state index in [9.17, 15) is 0 Å². The van der Waals surface area contributed by atoms with Gasteiger partial charge in [-0.3, -0.25) is 0 Å². The molecular weight excluding hydrogens is 707 g/mol.